The molecule has 1 aliphatic carbocycles. The largest absolute Gasteiger partial charge is 0.360 e. The zero-order valence-electron chi connectivity index (χ0n) is 17.6. The Bertz CT molecular complexity index is 1140. The van der Waals surface area contributed by atoms with E-state index in [1.807, 2.05) is 4.90 Å². The smallest absolute Gasteiger partial charge is 0.259 e. The van der Waals surface area contributed by atoms with Gasteiger partial charge in [-0.25, -0.2) is 0 Å². The summed E-state index contributed by atoms with van der Waals surface area (Å²) in [5, 5.41) is 1.08. The number of piperidine rings is 3. The molecule has 2 aromatic rings. The molecule has 3 fully saturated rings. The number of benzene rings is 1. The molecule has 1 N–H and O–H groups in total. The van der Waals surface area contributed by atoms with Gasteiger partial charge in [0, 0.05) is 35.7 Å². The van der Waals surface area contributed by atoms with Crippen LogP contribution in [0.2, 0.25) is 5.02 Å². The van der Waals surface area contributed by atoms with Crippen molar-refractivity contribution in [3.8, 4) is 0 Å². The van der Waals surface area contributed by atoms with Crippen LogP contribution >= 0.6 is 11.6 Å². The second-order valence-corrected chi connectivity index (χ2v) is 10.2. The number of hydrogen-bond acceptors (Lipinski definition) is 3. The maximum atomic E-state index is 13.7. The summed E-state index contributed by atoms with van der Waals surface area (Å²) in [6.45, 7) is 3.00. The number of aromatic amines is 1. The summed E-state index contributed by atoms with van der Waals surface area (Å²) < 4.78 is 0. The van der Waals surface area contributed by atoms with Crippen molar-refractivity contribution in [2.75, 3.05) is 19.6 Å². The lowest BCUT2D eigenvalue weighted by atomic mass is 9.68. The number of aromatic nitrogens is 1. The van der Waals surface area contributed by atoms with Crippen LogP contribution in [0.25, 0.3) is 10.9 Å². The summed E-state index contributed by atoms with van der Waals surface area (Å²) in [5.74, 6) is 0.976. The predicted octanol–water partition coefficient (Wildman–Crippen LogP) is 4.22. The van der Waals surface area contributed by atoms with E-state index in [-0.39, 0.29) is 22.9 Å². The summed E-state index contributed by atoms with van der Waals surface area (Å²) in [4.78, 5) is 34.6. The van der Waals surface area contributed by atoms with Gasteiger partial charge in [0.05, 0.1) is 11.6 Å². The summed E-state index contributed by atoms with van der Waals surface area (Å²) in [5.41, 5.74) is 2.14. The number of fused-ring (bicyclic) bond motifs is 7. The van der Waals surface area contributed by atoms with Gasteiger partial charge >= 0.3 is 0 Å². The number of carbonyl (C=O) groups excluding carboxylic acids is 1. The molecule has 2 bridgehead atoms. The van der Waals surface area contributed by atoms with Crippen LogP contribution in [0.1, 0.15) is 48.9 Å². The van der Waals surface area contributed by atoms with Crippen LogP contribution in [0.3, 0.4) is 0 Å². The van der Waals surface area contributed by atoms with Crippen molar-refractivity contribution in [2.24, 2.45) is 11.8 Å². The molecule has 162 valence electrons. The minimum atomic E-state index is -0.208. The van der Waals surface area contributed by atoms with Crippen LogP contribution in [0.15, 0.2) is 40.8 Å². The highest BCUT2D eigenvalue weighted by molar-refractivity contribution is 6.31. The van der Waals surface area contributed by atoms with Gasteiger partial charge in [0.2, 0.25) is 5.43 Å². The highest BCUT2D eigenvalue weighted by Crippen LogP contribution is 2.45. The van der Waals surface area contributed by atoms with Gasteiger partial charge in [0.1, 0.15) is 5.56 Å². The molecule has 1 aromatic carbocycles. The first-order valence-electron chi connectivity index (χ1n) is 11.7. The minimum Gasteiger partial charge on any atom is -0.360 e. The number of amides is 1. The molecule has 4 aliphatic rings. The van der Waals surface area contributed by atoms with Crippen LogP contribution in [0.4, 0.5) is 0 Å². The Morgan fingerprint density at radius 3 is 2.97 bits per heavy atom. The van der Waals surface area contributed by atoms with Gasteiger partial charge in [-0.1, -0.05) is 29.7 Å². The van der Waals surface area contributed by atoms with Crippen LogP contribution in [0.5, 0.6) is 0 Å². The molecule has 5 nitrogen and oxygen atoms in total. The van der Waals surface area contributed by atoms with Gasteiger partial charge in [-0.3, -0.25) is 14.5 Å². The molecule has 3 saturated heterocycles. The lowest BCUT2D eigenvalue weighted by Gasteiger charge is -2.54. The number of nitrogens with one attached hydrogen (secondary N) is 1. The van der Waals surface area contributed by atoms with Crippen LogP contribution in [-0.4, -0.2) is 52.4 Å². The summed E-state index contributed by atoms with van der Waals surface area (Å²) >= 11 is 6.06. The van der Waals surface area contributed by atoms with E-state index >= 15 is 0 Å². The van der Waals surface area contributed by atoms with E-state index in [0.29, 0.717) is 33.8 Å². The molecule has 31 heavy (non-hydrogen) atoms. The predicted molar refractivity (Wildman–Crippen MR) is 123 cm³/mol. The van der Waals surface area contributed by atoms with E-state index in [4.69, 9.17) is 11.6 Å². The molecule has 6 rings (SSSR count). The average Bonchev–Trinajstić information content (AvgIpc) is 2.78. The van der Waals surface area contributed by atoms with Gasteiger partial charge in [0.15, 0.2) is 0 Å². The van der Waals surface area contributed by atoms with Crippen molar-refractivity contribution in [2.45, 2.75) is 50.6 Å². The molecule has 0 radical (unpaired) electrons. The zero-order chi connectivity index (χ0) is 21.1. The van der Waals surface area contributed by atoms with Gasteiger partial charge in [-0.2, -0.15) is 0 Å². The number of H-pyrrole nitrogens is 1. The number of pyridine rings is 1. The molecule has 0 spiro atoms. The third kappa shape index (κ3) is 3.16. The quantitative estimate of drug-likeness (QED) is 0.679. The van der Waals surface area contributed by atoms with Crippen LogP contribution in [-0.2, 0) is 0 Å². The fourth-order valence-corrected chi connectivity index (χ4v) is 6.88. The van der Waals surface area contributed by atoms with E-state index in [2.05, 4.69) is 16.0 Å². The van der Waals surface area contributed by atoms with Gasteiger partial charge < -0.3 is 9.88 Å². The van der Waals surface area contributed by atoms with Crippen molar-refractivity contribution >= 4 is 28.4 Å². The number of carbonyl (C=O) groups is 1. The summed E-state index contributed by atoms with van der Waals surface area (Å²) in [6.07, 6.45) is 11.3. The molecule has 3 aliphatic heterocycles. The number of hydrogen-bond donors (Lipinski definition) is 1. The molecule has 1 aromatic heterocycles. The number of nitrogens with zero attached hydrogens (tertiary/aromatic N) is 2. The first-order valence-corrected chi connectivity index (χ1v) is 12.0. The summed E-state index contributed by atoms with van der Waals surface area (Å²) in [6, 6.07) is 5.97. The molecule has 0 unspecified atom stereocenters. The number of halogens is 1. The number of likely N-dealkylation sites (tertiary alicyclic amines) is 1. The maximum absolute atomic E-state index is 13.7. The van der Waals surface area contributed by atoms with Crippen molar-refractivity contribution in [1.29, 1.82) is 0 Å². The second-order valence-electron chi connectivity index (χ2n) is 9.73. The van der Waals surface area contributed by atoms with E-state index in [1.165, 1.54) is 37.8 Å². The van der Waals surface area contributed by atoms with Crippen molar-refractivity contribution in [3.05, 3.63) is 56.9 Å². The van der Waals surface area contributed by atoms with Crippen LogP contribution in [0, 0.1) is 11.8 Å². The average molecular weight is 438 g/mol. The minimum absolute atomic E-state index is 0.132. The Balaban J connectivity index is 1.36. The van der Waals surface area contributed by atoms with E-state index in [0.717, 1.165) is 25.9 Å². The Morgan fingerprint density at radius 1 is 1.16 bits per heavy atom. The molecular weight excluding hydrogens is 410 g/mol. The van der Waals surface area contributed by atoms with Gasteiger partial charge in [-0.05, 0) is 68.7 Å². The second kappa shape index (κ2) is 7.49. The fourth-order valence-electron chi connectivity index (χ4n) is 6.71. The Kier molecular flexibility index (Phi) is 4.73. The molecule has 4 atom stereocenters. The third-order valence-corrected chi connectivity index (χ3v) is 8.23. The zero-order valence-corrected chi connectivity index (χ0v) is 18.4. The first-order chi connectivity index (χ1) is 15.1. The molecular formula is C25H28ClN3O2. The Hall–Kier alpha value is -2.11. The lowest BCUT2D eigenvalue weighted by Crippen LogP contribution is -2.60. The van der Waals surface area contributed by atoms with Crippen LogP contribution < -0.4 is 5.43 Å². The lowest BCUT2D eigenvalue weighted by molar-refractivity contribution is 0.00143. The van der Waals surface area contributed by atoms with Crippen molar-refractivity contribution in [1.82, 2.24) is 14.8 Å². The van der Waals surface area contributed by atoms with E-state index < -0.39 is 0 Å². The molecule has 1 amide bonds. The molecule has 4 heterocycles. The van der Waals surface area contributed by atoms with Gasteiger partial charge in [-0.15, -0.1) is 0 Å². The molecule has 0 saturated carbocycles. The van der Waals surface area contributed by atoms with E-state index in [1.54, 1.807) is 24.4 Å². The maximum Gasteiger partial charge on any atom is 0.259 e. The Morgan fingerprint density at radius 2 is 2.06 bits per heavy atom. The standard InChI is InChI=1S/C25H28ClN3O2/c26-18-6-7-19-21(12-18)27-13-20(24(19)30)25(31)29-9-3-4-15-10-16-11-17(23(15)29)14-28-8-2-1-5-22(16)28/h6-7,10,12-13,16-17,22-23H,1-5,8-9,11,14H2,(H,27,30)/t16-,17+,22-,23+/m0/s1. The normalized spacial score (nSPS) is 30.5. The highest BCUT2D eigenvalue weighted by Gasteiger charge is 2.47. The fraction of sp³-hybridized carbons (Fsp3) is 0.520. The SMILES string of the molecule is O=C(c1c[nH]c2cc(Cl)ccc2c1=O)N1CCCC2=C[C@H]3C[C@H](CN4CCCC[C@@H]34)[C@@H]21. The monoisotopic (exact) mass is 437 g/mol. The third-order valence-electron chi connectivity index (χ3n) is 7.99. The highest BCUT2D eigenvalue weighted by atomic mass is 35.5. The van der Waals surface area contributed by atoms with Gasteiger partial charge in [0.25, 0.3) is 5.91 Å². The van der Waals surface area contributed by atoms with Crippen molar-refractivity contribution in [3.63, 3.8) is 0 Å². The first kappa shape index (κ1) is 19.6. The summed E-state index contributed by atoms with van der Waals surface area (Å²) in [7, 11) is 0. The van der Waals surface area contributed by atoms with E-state index in [9.17, 15) is 9.59 Å². The Labute approximate surface area is 187 Å². The molecule has 6 heteroatoms. The topological polar surface area (TPSA) is 56.4 Å². The van der Waals surface area contributed by atoms with Crippen molar-refractivity contribution < 1.29 is 4.79 Å². The number of rotatable bonds is 1.